The van der Waals surface area contributed by atoms with Crippen molar-refractivity contribution in [1.82, 2.24) is 0 Å². The summed E-state index contributed by atoms with van der Waals surface area (Å²) in [5, 5.41) is 84.5. The van der Waals surface area contributed by atoms with Crippen molar-refractivity contribution in [3.05, 3.63) is 0 Å². The topological polar surface area (TPSA) is 217 Å². The van der Waals surface area contributed by atoms with Crippen LogP contribution in [0, 0.1) is 52.3 Å². The number of aliphatic hydroxyl groups excluding tert-OH is 8. The fourth-order valence-corrected chi connectivity index (χ4v) is 13.3. The summed E-state index contributed by atoms with van der Waals surface area (Å²) in [6, 6.07) is 0. The molecule has 0 amide bonds. The molecule has 1 spiro atoms. The maximum atomic E-state index is 11.7. The molecule has 14 nitrogen and oxygen atoms in total. The third-order valence-corrected chi connectivity index (χ3v) is 16.2. The highest BCUT2D eigenvalue weighted by Gasteiger charge is 2.69. The first kappa shape index (κ1) is 39.3. The summed E-state index contributed by atoms with van der Waals surface area (Å²) < 4.78 is 36.7. The van der Waals surface area contributed by atoms with E-state index in [1.165, 1.54) is 0 Å². The van der Waals surface area contributed by atoms with Gasteiger partial charge in [0.2, 0.25) is 0 Å². The van der Waals surface area contributed by atoms with Gasteiger partial charge in [-0.05, 0) is 97.7 Å². The van der Waals surface area contributed by atoms with Crippen molar-refractivity contribution in [3.8, 4) is 0 Å². The molecule has 4 heterocycles. The predicted molar refractivity (Wildman–Crippen MR) is 184 cm³/mol. The number of hydrogen-bond donors (Lipinski definition) is 8. The summed E-state index contributed by atoms with van der Waals surface area (Å²) in [7, 11) is 0. The van der Waals surface area contributed by atoms with Crippen molar-refractivity contribution in [1.29, 1.82) is 0 Å². The molecule has 14 heteroatoms. The molecule has 0 aromatic rings. The van der Waals surface area contributed by atoms with Crippen LogP contribution < -0.4 is 0 Å². The van der Waals surface area contributed by atoms with E-state index < -0.39 is 92.6 Å². The maximum absolute atomic E-state index is 11.7. The minimum atomic E-state index is -1.75. The Morgan fingerprint density at radius 3 is 2.09 bits per heavy atom. The van der Waals surface area contributed by atoms with E-state index in [-0.39, 0.29) is 16.9 Å². The highest BCUT2D eigenvalue weighted by molar-refractivity contribution is 5.16. The lowest BCUT2D eigenvalue weighted by molar-refractivity contribution is -0.366. The Bertz CT molecular complexity index is 1290. The van der Waals surface area contributed by atoms with Gasteiger partial charge in [0.05, 0.1) is 38.1 Å². The molecule has 0 bridgehead atoms. The van der Waals surface area contributed by atoms with Crippen LogP contribution in [0.4, 0.5) is 0 Å². The standard InChI is InChI=1S/C39H64O14/c1-17-7-10-39(48-16-17)18(2)28-25(53-39)12-22-20-6-5-19-11-24(23(42)13-38(19,4)21(20)8-9-37(22,28)3)49-35-33(47)31(45)34(27(15-41)51-35)52-36-32(46)30(44)29(43)26(14-40)50-36/h17-36,40-47H,5-16H2,1-4H3. The van der Waals surface area contributed by atoms with Crippen molar-refractivity contribution in [3.63, 3.8) is 0 Å². The molecule has 8 N–H and O–H groups in total. The highest BCUT2D eigenvalue weighted by atomic mass is 16.7. The van der Waals surface area contributed by atoms with Gasteiger partial charge in [0.25, 0.3) is 0 Å². The second-order valence-corrected chi connectivity index (χ2v) is 18.9. The molecule has 4 saturated heterocycles. The molecule has 0 aromatic heterocycles. The van der Waals surface area contributed by atoms with Gasteiger partial charge in [-0.3, -0.25) is 0 Å². The zero-order valence-electron chi connectivity index (χ0n) is 31.6. The van der Waals surface area contributed by atoms with E-state index >= 15 is 0 Å². The Labute approximate surface area is 312 Å². The predicted octanol–water partition coefficient (Wildman–Crippen LogP) is 0.413. The van der Waals surface area contributed by atoms with E-state index in [1.807, 2.05) is 0 Å². The summed E-state index contributed by atoms with van der Waals surface area (Å²) in [6.45, 7) is 8.96. The van der Waals surface area contributed by atoms with Crippen LogP contribution in [0.2, 0.25) is 0 Å². The first-order valence-corrected chi connectivity index (χ1v) is 20.4. The lowest BCUT2D eigenvalue weighted by Gasteiger charge is -2.62. The Balaban J connectivity index is 0.912. The number of aliphatic hydroxyl groups is 8. The summed E-state index contributed by atoms with van der Waals surface area (Å²) in [4.78, 5) is 0. The number of ether oxygens (including phenoxy) is 6. The van der Waals surface area contributed by atoms with Crippen molar-refractivity contribution >= 4 is 0 Å². The largest absolute Gasteiger partial charge is 0.394 e. The van der Waals surface area contributed by atoms with Gasteiger partial charge in [-0.15, -0.1) is 0 Å². The van der Waals surface area contributed by atoms with Crippen molar-refractivity contribution in [2.45, 2.75) is 171 Å². The molecule has 8 fully saturated rings. The average molecular weight is 757 g/mol. The molecular formula is C39H64O14. The van der Waals surface area contributed by atoms with E-state index in [1.54, 1.807) is 0 Å². The van der Waals surface area contributed by atoms with Crippen LogP contribution in [0.15, 0.2) is 0 Å². The first-order chi connectivity index (χ1) is 25.2. The summed E-state index contributed by atoms with van der Waals surface area (Å²) in [5.74, 6) is 2.90. The lowest BCUT2D eigenvalue weighted by atomic mass is 9.44. The lowest BCUT2D eigenvalue weighted by Crippen LogP contribution is -2.65. The van der Waals surface area contributed by atoms with Crippen LogP contribution in [0.1, 0.15) is 85.5 Å². The van der Waals surface area contributed by atoms with Crippen LogP contribution in [0.5, 0.6) is 0 Å². The molecule has 53 heavy (non-hydrogen) atoms. The first-order valence-electron chi connectivity index (χ1n) is 20.4. The summed E-state index contributed by atoms with van der Waals surface area (Å²) in [5.41, 5.74) is 0.118. The minimum absolute atomic E-state index is 0.0823. The molecule has 23 unspecified atom stereocenters. The van der Waals surface area contributed by atoms with E-state index in [0.29, 0.717) is 54.3 Å². The maximum Gasteiger partial charge on any atom is 0.187 e. The quantitative estimate of drug-likeness (QED) is 0.173. The molecular weight excluding hydrogens is 692 g/mol. The van der Waals surface area contributed by atoms with Gasteiger partial charge in [-0.25, -0.2) is 0 Å². The number of fused-ring (bicyclic) bond motifs is 7. The van der Waals surface area contributed by atoms with E-state index in [9.17, 15) is 40.9 Å². The second kappa shape index (κ2) is 14.4. The molecule has 0 aromatic carbocycles. The average Bonchev–Trinajstić information content (AvgIpc) is 3.58. The smallest absolute Gasteiger partial charge is 0.187 e. The van der Waals surface area contributed by atoms with Crippen LogP contribution >= 0.6 is 0 Å². The summed E-state index contributed by atoms with van der Waals surface area (Å²) >= 11 is 0. The molecule has 8 aliphatic rings. The van der Waals surface area contributed by atoms with Gasteiger partial charge >= 0.3 is 0 Å². The summed E-state index contributed by atoms with van der Waals surface area (Å²) in [6.07, 6.45) is -7.80. The molecule has 4 aliphatic carbocycles. The number of hydrogen-bond acceptors (Lipinski definition) is 14. The molecule has 4 aliphatic heterocycles. The van der Waals surface area contributed by atoms with Crippen molar-refractivity contribution in [2.75, 3.05) is 19.8 Å². The van der Waals surface area contributed by atoms with Crippen molar-refractivity contribution in [2.24, 2.45) is 52.3 Å². The number of rotatable bonds is 6. The van der Waals surface area contributed by atoms with Crippen LogP contribution in [-0.2, 0) is 28.4 Å². The zero-order chi connectivity index (χ0) is 37.8. The molecule has 304 valence electrons. The SMILES string of the molecule is CC1CCC2(OC1)OC1CC3C4CCC5CC(OC6OC(CO)C(OC7OC(CO)C(O)C(O)C7O)C(O)C6O)C(O)CC5(C)C4CCC3(C)C1C2C. The van der Waals surface area contributed by atoms with Gasteiger partial charge in [0, 0.05) is 12.3 Å². The van der Waals surface area contributed by atoms with Gasteiger partial charge in [-0.1, -0.05) is 27.7 Å². The normalized spacial score (nSPS) is 59.5. The third kappa shape index (κ3) is 6.20. The van der Waals surface area contributed by atoms with Gasteiger partial charge in [0.1, 0.15) is 48.8 Å². The van der Waals surface area contributed by atoms with Gasteiger partial charge in [-0.2, -0.15) is 0 Å². The van der Waals surface area contributed by atoms with E-state index in [0.717, 1.165) is 51.6 Å². The van der Waals surface area contributed by atoms with E-state index in [2.05, 4.69) is 27.7 Å². The minimum Gasteiger partial charge on any atom is -0.394 e. The third-order valence-electron chi connectivity index (χ3n) is 16.2. The van der Waals surface area contributed by atoms with Crippen LogP contribution in [-0.4, -0.2) is 146 Å². The molecule has 4 saturated carbocycles. The monoisotopic (exact) mass is 756 g/mol. The molecule has 8 rings (SSSR count). The fourth-order valence-electron chi connectivity index (χ4n) is 13.3. The zero-order valence-corrected chi connectivity index (χ0v) is 31.6. The Morgan fingerprint density at radius 2 is 1.40 bits per heavy atom. The van der Waals surface area contributed by atoms with Crippen molar-refractivity contribution < 1.29 is 69.3 Å². The second-order valence-electron chi connectivity index (χ2n) is 18.9. The van der Waals surface area contributed by atoms with Gasteiger partial charge < -0.3 is 69.3 Å². The van der Waals surface area contributed by atoms with E-state index in [4.69, 9.17) is 28.4 Å². The molecule has 23 atom stereocenters. The Morgan fingerprint density at radius 1 is 0.698 bits per heavy atom. The van der Waals surface area contributed by atoms with Crippen LogP contribution in [0.3, 0.4) is 0 Å². The van der Waals surface area contributed by atoms with Gasteiger partial charge in [0.15, 0.2) is 18.4 Å². The van der Waals surface area contributed by atoms with Crippen LogP contribution in [0.25, 0.3) is 0 Å². The Hall–Kier alpha value is -0.560. The molecule has 0 radical (unpaired) electrons. The highest BCUT2D eigenvalue weighted by Crippen LogP contribution is 2.71. The Kier molecular flexibility index (Phi) is 10.6. The fraction of sp³-hybridized carbons (Fsp3) is 1.00.